The summed E-state index contributed by atoms with van der Waals surface area (Å²) in [4.78, 5) is 15.2. The van der Waals surface area contributed by atoms with E-state index in [1.54, 1.807) is 17.8 Å². The van der Waals surface area contributed by atoms with E-state index in [1.807, 2.05) is 30.5 Å². The number of amides is 1. The first-order chi connectivity index (χ1) is 11.0. The molecule has 0 unspecified atom stereocenters. The number of phenols is 1. The van der Waals surface area contributed by atoms with Crippen LogP contribution in [0.2, 0.25) is 5.02 Å². The van der Waals surface area contributed by atoms with Gasteiger partial charge in [0.2, 0.25) is 0 Å². The number of nitrogens with zero attached hydrogens (tertiary/aromatic N) is 1. The molecule has 0 heterocycles. The van der Waals surface area contributed by atoms with Crippen molar-refractivity contribution in [2.45, 2.75) is 11.4 Å². The Kier molecular flexibility index (Phi) is 6.33. The monoisotopic (exact) mass is 351 g/mol. The van der Waals surface area contributed by atoms with E-state index < -0.39 is 0 Å². The molecule has 0 atom stereocenters. The zero-order valence-corrected chi connectivity index (χ0v) is 14.3. The predicted octanol–water partition coefficient (Wildman–Crippen LogP) is 3.40. The Morgan fingerprint density at radius 2 is 1.91 bits per heavy atom. The molecule has 6 heteroatoms. The molecule has 0 fully saturated rings. The number of aromatic hydroxyl groups is 1. The van der Waals surface area contributed by atoms with E-state index >= 15 is 0 Å². The van der Waals surface area contributed by atoms with Crippen LogP contribution in [0.1, 0.15) is 15.9 Å². The molecule has 0 saturated heterocycles. The molecule has 0 saturated carbocycles. The van der Waals surface area contributed by atoms with Crippen molar-refractivity contribution in [1.29, 1.82) is 0 Å². The third kappa shape index (κ3) is 4.64. The number of hydrogen-bond donors (Lipinski definition) is 2. The number of aliphatic hydroxyl groups excluding tert-OH is 1. The maximum atomic E-state index is 12.6. The fraction of sp³-hybridized carbons (Fsp3) is 0.235. The Morgan fingerprint density at radius 1 is 1.22 bits per heavy atom. The van der Waals surface area contributed by atoms with Gasteiger partial charge in [-0.2, -0.15) is 0 Å². The predicted molar refractivity (Wildman–Crippen MR) is 93.2 cm³/mol. The van der Waals surface area contributed by atoms with Gasteiger partial charge in [-0.25, -0.2) is 0 Å². The van der Waals surface area contributed by atoms with Crippen LogP contribution in [0.5, 0.6) is 5.75 Å². The van der Waals surface area contributed by atoms with Crippen molar-refractivity contribution < 1.29 is 15.0 Å². The molecule has 2 aromatic carbocycles. The lowest BCUT2D eigenvalue weighted by Gasteiger charge is -2.22. The van der Waals surface area contributed by atoms with E-state index in [2.05, 4.69) is 0 Å². The topological polar surface area (TPSA) is 60.8 Å². The number of phenolic OH excluding ortho intramolecular Hbond substituents is 1. The van der Waals surface area contributed by atoms with Gasteiger partial charge in [0.15, 0.2) is 0 Å². The smallest absolute Gasteiger partial charge is 0.257 e. The average Bonchev–Trinajstić information content (AvgIpc) is 2.54. The van der Waals surface area contributed by atoms with Crippen LogP contribution in [0.25, 0.3) is 0 Å². The Bertz CT molecular complexity index is 676. The van der Waals surface area contributed by atoms with Gasteiger partial charge in [-0.15, -0.1) is 11.8 Å². The van der Waals surface area contributed by atoms with Gasteiger partial charge in [-0.1, -0.05) is 23.7 Å². The van der Waals surface area contributed by atoms with E-state index in [9.17, 15) is 15.0 Å². The number of carbonyl (C=O) groups is 1. The molecule has 0 aliphatic carbocycles. The van der Waals surface area contributed by atoms with Gasteiger partial charge in [0.1, 0.15) is 5.75 Å². The maximum absolute atomic E-state index is 12.6. The van der Waals surface area contributed by atoms with Gasteiger partial charge < -0.3 is 15.1 Å². The van der Waals surface area contributed by atoms with E-state index in [0.29, 0.717) is 11.6 Å². The summed E-state index contributed by atoms with van der Waals surface area (Å²) in [5, 5.41) is 19.5. The highest BCUT2D eigenvalue weighted by molar-refractivity contribution is 7.98. The lowest BCUT2D eigenvalue weighted by Crippen LogP contribution is -2.33. The molecule has 0 aliphatic heterocycles. The summed E-state index contributed by atoms with van der Waals surface area (Å²) in [7, 11) is 0. The number of benzene rings is 2. The zero-order chi connectivity index (χ0) is 16.8. The molecule has 0 aliphatic rings. The standard InChI is InChI=1S/C17H18ClNO3S/c1-23-14-5-2-12(3-6-14)11-19(8-9-20)17(22)15-7-4-13(18)10-16(15)21/h2-7,10,20-21H,8-9,11H2,1H3. The van der Waals surface area contributed by atoms with Crippen molar-refractivity contribution in [3.8, 4) is 5.75 Å². The first kappa shape index (κ1) is 17.7. The van der Waals surface area contributed by atoms with Crippen molar-refractivity contribution >= 4 is 29.3 Å². The number of carbonyl (C=O) groups excluding carboxylic acids is 1. The van der Waals surface area contributed by atoms with Crippen LogP contribution in [0.4, 0.5) is 0 Å². The molecule has 4 nitrogen and oxygen atoms in total. The van der Waals surface area contributed by atoms with E-state index in [4.69, 9.17) is 11.6 Å². The molecule has 0 aromatic heterocycles. The van der Waals surface area contributed by atoms with E-state index in [0.717, 1.165) is 10.5 Å². The van der Waals surface area contributed by atoms with E-state index in [-0.39, 0.29) is 30.4 Å². The normalized spacial score (nSPS) is 10.6. The minimum atomic E-state index is -0.345. The number of hydrogen-bond acceptors (Lipinski definition) is 4. The molecular weight excluding hydrogens is 334 g/mol. The van der Waals surface area contributed by atoms with Crippen molar-refractivity contribution in [3.63, 3.8) is 0 Å². The van der Waals surface area contributed by atoms with Crippen molar-refractivity contribution in [2.75, 3.05) is 19.4 Å². The summed E-state index contributed by atoms with van der Waals surface area (Å²) < 4.78 is 0. The summed E-state index contributed by atoms with van der Waals surface area (Å²) in [5.74, 6) is -0.509. The van der Waals surface area contributed by atoms with Gasteiger partial charge in [0.25, 0.3) is 5.91 Å². The fourth-order valence-corrected chi connectivity index (χ4v) is 2.76. The van der Waals surface area contributed by atoms with Crippen LogP contribution in [0.3, 0.4) is 0 Å². The number of aliphatic hydroxyl groups is 1. The van der Waals surface area contributed by atoms with Crippen LogP contribution in [0, 0.1) is 0 Å². The van der Waals surface area contributed by atoms with Crippen LogP contribution in [0.15, 0.2) is 47.4 Å². The number of halogens is 1. The Hall–Kier alpha value is -1.69. The van der Waals surface area contributed by atoms with Crippen molar-refractivity contribution in [3.05, 3.63) is 58.6 Å². The van der Waals surface area contributed by atoms with Gasteiger partial charge in [-0.05, 0) is 42.2 Å². The van der Waals surface area contributed by atoms with Crippen molar-refractivity contribution in [1.82, 2.24) is 4.90 Å². The Morgan fingerprint density at radius 3 is 2.48 bits per heavy atom. The lowest BCUT2D eigenvalue weighted by atomic mass is 10.1. The van der Waals surface area contributed by atoms with Crippen LogP contribution in [-0.4, -0.2) is 40.4 Å². The molecule has 23 heavy (non-hydrogen) atoms. The quantitative estimate of drug-likeness (QED) is 0.783. The summed E-state index contributed by atoms with van der Waals surface area (Å²) in [6.07, 6.45) is 2.00. The zero-order valence-electron chi connectivity index (χ0n) is 12.7. The maximum Gasteiger partial charge on any atom is 0.257 e. The van der Waals surface area contributed by atoms with Gasteiger partial charge >= 0.3 is 0 Å². The molecule has 2 aromatic rings. The summed E-state index contributed by atoms with van der Waals surface area (Å²) >= 11 is 7.44. The van der Waals surface area contributed by atoms with Gasteiger partial charge in [0.05, 0.1) is 12.2 Å². The molecule has 1 amide bonds. The molecule has 0 bridgehead atoms. The van der Waals surface area contributed by atoms with Gasteiger partial charge in [0, 0.05) is 23.0 Å². The van der Waals surface area contributed by atoms with E-state index in [1.165, 1.54) is 17.0 Å². The molecule has 2 N–H and O–H groups in total. The largest absolute Gasteiger partial charge is 0.507 e. The number of rotatable bonds is 6. The highest BCUT2D eigenvalue weighted by Gasteiger charge is 2.19. The van der Waals surface area contributed by atoms with Crippen molar-refractivity contribution in [2.24, 2.45) is 0 Å². The molecule has 2 rings (SSSR count). The second-order valence-electron chi connectivity index (χ2n) is 4.96. The van der Waals surface area contributed by atoms with Crippen LogP contribution in [-0.2, 0) is 6.54 Å². The Labute approximate surface area is 144 Å². The molecule has 0 radical (unpaired) electrons. The minimum Gasteiger partial charge on any atom is -0.507 e. The molecular formula is C17H18ClNO3S. The highest BCUT2D eigenvalue weighted by atomic mass is 35.5. The third-order valence-electron chi connectivity index (χ3n) is 3.38. The van der Waals surface area contributed by atoms with Crippen LogP contribution >= 0.6 is 23.4 Å². The molecule has 0 spiro atoms. The number of thioether (sulfide) groups is 1. The summed E-state index contributed by atoms with van der Waals surface area (Å²) in [5.41, 5.74) is 1.13. The lowest BCUT2D eigenvalue weighted by molar-refractivity contribution is 0.0705. The second-order valence-corrected chi connectivity index (χ2v) is 6.28. The summed E-state index contributed by atoms with van der Waals surface area (Å²) in [6.45, 7) is 0.393. The average molecular weight is 352 g/mol. The Balaban J connectivity index is 2.20. The SMILES string of the molecule is CSc1ccc(CN(CCO)C(=O)c2ccc(Cl)cc2O)cc1. The fourth-order valence-electron chi connectivity index (χ4n) is 2.18. The third-order valence-corrected chi connectivity index (χ3v) is 4.36. The minimum absolute atomic E-state index is 0.150. The first-order valence-corrected chi connectivity index (χ1v) is 8.67. The summed E-state index contributed by atoms with van der Waals surface area (Å²) in [6, 6.07) is 12.2. The molecule has 122 valence electrons. The van der Waals surface area contributed by atoms with Crippen LogP contribution < -0.4 is 0 Å². The second kappa shape index (κ2) is 8.24. The highest BCUT2D eigenvalue weighted by Crippen LogP contribution is 2.24. The van der Waals surface area contributed by atoms with Gasteiger partial charge in [-0.3, -0.25) is 4.79 Å². The first-order valence-electron chi connectivity index (χ1n) is 7.06.